The number of halogens is 2. The lowest BCUT2D eigenvalue weighted by Crippen LogP contribution is -2.48. The maximum Gasteiger partial charge on any atom is 0.298 e. The number of piperazine rings is 1. The maximum absolute atomic E-state index is 15.4. The van der Waals surface area contributed by atoms with Gasteiger partial charge in [0.05, 0.1) is 11.2 Å². The molecule has 1 saturated heterocycles. The normalized spacial score (nSPS) is 13.3. The number of fused-ring (bicyclic) bond motifs is 2. The maximum atomic E-state index is 15.4. The van der Waals surface area contributed by atoms with Crippen LogP contribution in [-0.2, 0) is 4.79 Å². The van der Waals surface area contributed by atoms with Crippen LogP contribution in [0.3, 0.4) is 0 Å². The smallest absolute Gasteiger partial charge is 0.298 e. The summed E-state index contributed by atoms with van der Waals surface area (Å²) < 4.78 is 22.8. The van der Waals surface area contributed by atoms with Crippen molar-refractivity contribution < 1.29 is 13.9 Å². The number of benzene rings is 1. The van der Waals surface area contributed by atoms with E-state index >= 15 is 4.39 Å². The van der Waals surface area contributed by atoms with Crippen molar-refractivity contribution in [2.45, 2.75) is 6.92 Å². The molecular weight excluding hydrogens is 537 g/mol. The van der Waals surface area contributed by atoms with Gasteiger partial charge in [0.15, 0.2) is 17.3 Å². The van der Waals surface area contributed by atoms with Gasteiger partial charge in [-0.25, -0.2) is 28.8 Å². The van der Waals surface area contributed by atoms with Gasteiger partial charge in [0.2, 0.25) is 0 Å². The third kappa shape index (κ3) is 4.90. The van der Waals surface area contributed by atoms with Gasteiger partial charge >= 0.3 is 0 Å². The van der Waals surface area contributed by atoms with Crippen molar-refractivity contribution in [3.8, 4) is 23.3 Å². The molecule has 13 heteroatoms. The van der Waals surface area contributed by atoms with Gasteiger partial charge in [0, 0.05) is 38.4 Å². The van der Waals surface area contributed by atoms with Crippen LogP contribution in [0.2, 0.25) is 5.02 Å². The topological polar surface area (TPSA) is 114 Å². The molecule has 0 atom stereocenters. The van der Waals surface area contributed by atoms with Crippen molar-refractivity contribution in [2.75, 3.05) is 36.4 Å². The molecule has 5 heterocycles. The summed E-state index contributed by atoms with van der Waals surface area (Å²) in [6, 6.07) is 10.1. The molecule has 4 aromatic heterocycles. The number of ether oxygens (including phenoxy) is 1. The molecule has 1 aliphatic heterocycles. The van der Waals surface area contributed by atoms with Crippen LogP contribution in [0.1, 0.15) is 6.92 Å². The number of pyridine rings is 2. The SMILES string of the molecule is CC#CC(=O)N1CCN(c2ccc3ncnc(Nc4ccc(Oc5ccn6ncnc6c5)c(Cl)c4F)c3n2)CC1. The Labute approximate surface area is 232 Å². The van der Waals surface area contributed by atoms with Gasteiger partial charge in [-0.3, -0.25) is 4.79 Å². The highest BCUT2D eigenvalue weighted by atomic mass is 35.5. The monoisotopic (exact) mass is 557 g/mol. The third-order valence-electron chi connectivity index (χ3n) is 6.37. The number of amides is 1. The van der Waals surface area contributed by atoms with Gasteiger partial charge in [-0.2, -0.15) is 5.10 Å². The van der Waals surface area contributed by atoms with E-state index in [9.17, 15) is 4.79 Å². The molecule has 1 fully saturated rings. The number of nitrogens with one attached hydrogen (secondary N) is 1. The summed E-state index contributed by atoms with van der Waals surface area (Å²) in [4.78, 5) is 33.3. The van der Waals surface area contributed by atoms with E-state index in [-0.39, 0.29) is 22.4 Å². The Balaban J connectivity index is 1.23. The van der Waals surface area contributed by atoms with Crippen LogP contribution in [0.5, 0.6) is 11.5 Å². The molecule has 40 heavy (non-hydrogen) atoms. The standard InChI is InChI=1S/C27H21ClFN9O2/c1-2-3-23(39)37-12-10-36(11-13-37)21-7-5-19-26(35-21)27(32-15-30-19)34-18-4-6-20(24(28)25(18)29)40-17-8-9-38-22(14-17)31-16-33-38/h4-9,14-16H,10-13H2,1H3,(H,30,32,34). The molecule has 0 bridgehead atoms. The first-order valence-electron chi connectivity index (χ1n) is 12.3. The highest BCUT2D eigenvalue weighted by Crippen LogP contribution is 2.36. The summed E-state index contributed by atoms with van der Waals surface area (Å²) in [7, 11) is 0. The highest BCUT2D eigenvalue weighted by molar-refractivity contribution is 6.32. The largest absolute Gasteiger partial charge is 0.455 e. The zero-order valence-electron chi connectivity index (χ0n) is 21.2. The predicted molar refractivity (Wildman–Crippen MR) is 147 cm³/mol. The Morgan fingerprint density at radius 1 is 1.07 bits per heavy atom. The fourth-order valence-electron chi connectivity index (χ4n) is 4.34. The van der Waals surface area contributed by atoms with E-state index in [0.29, 0.717) is 60.2 Å². The van der Waals surface area contributed by atoms with E-state index in [1.165, 1.54) is 18.7 Å². The summed E-state index contributed by atoms with van der Waals surface area (Å²) in [5.74, 6) is 5.93. The lowest BCUT2D eigenvalue weighted by atomic mass is 10.2. The first-order valence-corrected chi connectivity index (χ1v) is 12.7. The molecule has 0 spiro atoms. The number of nitrogens with zero attached hydrogens (tertiary/aromatic N) is 8. The van der Waals surface area contributed by atoms with E-state index in [2.05, 4.69) is 42.1 Å². The van der Waals surface area contributed by atoms with Crippen molar-refractivity contribution in [2.24, 2.45) is 0 Å². The van der Waals surface area contributed by atoms with Crippen LogP contribution in [-0.4, -0.2) is 66.5 Å². The Kier molecular flexibility index (Phi) is 6.71. The summed E-state index contributed by atoms with van der Waals surface area (Å²) in [5.41, 5.74) is 1.73. The first kappa shape index (κ1) is 25.3. The number of aromatic nitrogens is 6. The van der Waals surface area contributed by atoms with E-state index in [0.717, 1.165) is 0 Å². The van der Waals surface area contributed by atoms with Crippen molar-refractivity contribution in [3.05, 3.63) is 66.1 Å². The van der Waals surface area contributed by atoms with Gasteiger partial charge in [-0.05, 0) is 43.2 Å². The van der Waals surface area contributed by atoms with Crippen LogP contribution in [0, 0.1) is 17.7 Å². The summed E-state index contributed by atoms with van der Waals surface area (Å²) in [6.07, 6.45) is 4.48. The van der Waals surface area contributed by atoms with Crippen molar-refractivity contribution in [3.63, 3.8) is 0 Å². The van der Waals surface area contributed by atoms with E-state index in [1.54, 1.807) is 40.7 Å². The zero-order chi connectivity index (χ0) is 27.6. The Morgan fingerprint density at radius 3 is 2.75 bits per heavy atom. The van der Waals surface area contributed by atoms with Crippen LogP contribution in [0.25, 0.3) is 16.7 Å². The number of carbonyl (C=O) groups is 1. The Hall–Kier alpha value is -5.02. The van der Waals surface area contributed by atoms with E-state index in [4.69, 9.17) is 21.3 Å². The van der Waals surface area contributed by atoms with Gasteiger partial charge in [-0.15, -0.1) is 0 Å². The second kappa shape index (κ2) is 10.6. The van der Waals surface area contributed by atoms with Gasteiger partial charge in [0.1, 0.15) is 40.5 Å². The average molecular weight is 558 g/mol. The quantitative estimate of drug-likeness (QED) is 0.319. The molecule has 11 nitrogen and oxygen atoms in total. The predicted octanol–water partition coefficient (Wildman–Crippen LogP) is 4.07. The molecule has 1 aliphatic rings. The van der Waals surface area contributed by atoms with Crippen molar-refractivity contribution >= 4 is 51.5 Å². The minimum Gasteiger partial charge on any atom is -0.455 e. The fourth-order valence-corrected chi connectivity index (χ4v) is 4.55. The third-order valence-corrected chi connectivity index (χ3v) is 6.72. The van der Waals surface area contributed by atoms with Gasteiger partial charge in [-0.1, -0.05) is 17.5 Å². The molecule has 0 saturated carbocycles. The number of rotatable bonds is 5. The first-order chi connectivity index (χ1) is 19.5. The molecule has 1 N–H and O–H groups in total. The molecule has 0 aliphatic carbocycles. The zero-order valence-corrected chi connectivity index (χ0v) is 21.9. The van der Waals surface area contributed by atoms with Gasteiger partial charge < -0.3 is 19.9 Å². The molecule has 5 aromatic rings. The van der Waals surface area contributed by atoms with E-state index in [1.807, 2.05) is 12.1 Å². The molecule has 6 rings (SSSR count). The molecule has 0 radical (unpaired) electrons. The van der Waals surface area contributed by atoms with Gasteiger partial charge in [0.25, 0.3) is 5.91 Å². The lowest BCUT2D eigenvalue weighted by molar-refractivity contribution is -0.125. The van der Waals surface area contributed by atoms with Crippen LogP contribution >= 0.6 is 11.6 Å². The number of hydrogen-bond donors (Lipinski definition) is 1. The summed E-state index contributed by atoms with van der Waals surface area (Å²) in [6.45, 7) is 3.91. The van der Waals surface area contributed by atoms with Crippen molar-refractivity contribution in [1.82, 2.24) is 34.4 Å². The minimum absolute atomic E-state index is 0.0987. The molecule has 0 unspecified atom stereocenters. The molecule has 1 amide bonds. The summed E-state index contributed by atoms with van der Waals surface area (Å²) >= 11 is 6.35. The molecule has 1 aromatic carbocycles. The second-order valence-corrected chi connectivity index (χ2v) is 9.18. The average Bonchev–Trinajstić information content (AvgIpc) is 3.45. The van der Waals surface area contributed by atoms with Crippen LogP contribution < -0.4 is 15.0 Å². The molecule has 200 valence electrons. The fraction of sp³-hybridized carbons (Fsp3) is 0.185. The summed E-state index contributed by atoms with van der Waals surface area (Å²) in [5, 5.41) is 6.84. The van der Waals surface area contributed by atoms with Crippen LogP contribution in [0.4, 0.5) is 21.7 Å². The Bertz CT molecular complexity index is 1810. The number of carbonyl (C=O) groups excluding carboxylic acids is 1. The minimum atomic E-state index is -0.707. The number of anilines is 3. The highest BCUT2D eigenvalue weighted by Gasteiger charge is 2.22. The number of hydrogen-bond acceptors (Lipinski definition) is 9. The second-order valence-electron chi connectivity index (χ2n) is 8.81. The lowest BCUT2D eigenvalue weighted by Gasteiger charge is -2.34. The van der Waals surface area contributed by atoms with E-state index < -0.39 is 5.82 Å². The van der Waals surface area contributed by atoms with Crippen LogP contribution in [0.15, 0.2) is 55.2 Å². The van der Waals surface area contributed by atoms with Crippen molar-refractivity contribution in [1.29, 1.82) is 0 Å². The Morgan fingerprint density at radius 2 is 1.93 bits per heavy atom. The molecular formula is C27H21ClFN9O2.